The van der Waals surface area contributed by atoms with Crippen molar-refractivity contribution in [2.75, 3.05) is 0 Å². The normalized spacial score (nSPS) is 12.4. The maximum atomic E-state index is 4.46. The molecule has 16 heavy (non-hydrogen) atoms. The molecule has 0 aliphatic heterocycles. The summed E-state index contributed by atoms with van der Waals surface area (Å²) < 4.78 is 0. The summed E-state index contributed by atoms with van der Waals surface area (Å²) >= 11 is 0. The van der Waals surface area contributed by atoms with Crippen LogP contribution in [0.5, 0.6) is 0 Å². The van der Waals surface area contributed by atoms with Crippen molar-refractivity contribution in [3.8, 4) is 0 Å². The van der Waals surface area contributed by atoms with Gasteiger partial charge in [0, 0.05) is 5.71 Å². The molecule has 0 bridgehead atoms. The third-order valence-corrected chi connectivity index (χ3v) is 2.13. The Balaban J connectivity index is 4.41. The lowest BCUT2D eigenvalue weighted by molar-refractivity contribution is 0.963. The van der Waals surface area contributed by atoms with E-state index < -0.39 is 0 Å². The molecule has 0 saturated carbocycles. The zero-order valence-electron chi connectivity index (χ0n) is 11.6. The van der Waals surface area contributed by atoms with E-state index in [1.54, 1.807) is 0 Å². The summed E-state index contributed by atoms with van der Waals surface area (Å²) in [6.45, 7) is 12.5. The number of allylic oxidation sites excluding steroid dienone is 5. The van der Waals surface area contributed by atoms with Gasteiger partial charge in [-0.2, -0.15) is 0 Å². The SMILES string of the molecule is C/C=C(/C=C(\C)CCC=C(C)C)N=C(C)C. The number of hydrogen-bond donors (Lipinski definition) is 0. The second-order valence-electron chi connectivity index (χ2n) is 4.58. The van der Waals surface area contributed by atoms with E-state index in [-0.39, 0.29) is 0 Å². The number of aliphatic imine (C=N–C) groups is 1. The summed E-state index contributed by atoms with van der Waals surface area (Å²) in [7, 11) is 0. The smallest absolute Gasteiger partial charge is 0.0585 e. The minimum absolute atomic E-state index is 1.06. The highest BCUT2D eigenvalue weighted by molar-refractivity contribution is 5.80. The van der Waals surface area contributed by atoms with E-state index in [9.17, 15) is 0 Å². The molecule has 90 valence electrons. The Bertz CT molecular complexity index is 319. The molecule has 0 aromatic heterocycles. The van der Waals surface area contributed by atoms with Gasteiger partial charge in [0.05, 0.1) is 5.70 Å². The minimum Gasteiger partial charge on any atom is -0.259 e. The van der Waals surface area contributed by atoms with Gasteiger partial charge < -0.3 is 0 Å². The van der Waals surface area contributed by atoms with Gasteiger partial charge in [0.15, 0.2) is 0 Å². The molecule has 0 aliphatic rings. The fourth-order valence-electron chi connectivity index (χ4n) is 1.35. The van der Waals surface area contributed by atoms with Crippen LogP contribution in [0.1, 0.15) is 54.4 Å². The Hall–Kier alpha value is -1.11. The van der Waals surface area contributed by atoms with E-state index in [0.717, 1.165) is 24.3 Å². The second kappa shape index (κ2) is 8.09. The molecule has 0 aromatic carbocycles. The monoisotopic (exact) mass is 219 g/mol. The van der Waals surface area contributed by atoms with Crippen LogP contribution >= 0.6 is 0 Å². The molecule has 0 spiro atoms. The van der Waals surface area contributed by atoms with Gasteiger partial charge >= 0.3 is 0 Å². The highest BCUT2D eigenvalue weighted by Crippen LogP contribution is 2.11. The first kappa shape index (κ1) is 14.9. The predicted molar refractivity (Wildman–Crippen MR) is 75.0 cm³/mol. The molecule has 0 atom stereocenters. The van der Waals surface area contributed by atoms with Crippen molar-refractivity contribution < 1.29 is 0 Å². The van der Waals surface area contributed by atoms with Gasteiger partial charge in [0.1, 0.15) is 0 Å². The van der Waals surface area contributed by atoms with Crippen molar-refractivity contribution in [2.45, 2.75) is 54.4 Å². The van der Waals surface area contributed by atoms with E-state index in [2.05, 4.69) is 44.0 Å². The van der Waals surface area contributed by atoms with E-state index in [4.69, 9.17) is 0 Å². The lowest BCUT2D eigenvalue weighted by Crippen LogP contribution is -1.84. The van der Waals surface area contributed by atoms with Crippen LogP contribution in [0.3, 0.4) is 0 Å². The van der Waals surface area contributed by atoms with Crippen LogP contribution < -0.4 is 0 Å². The molecule has 0 heterocycles. The van der Waals surface area contributed by atoms with Gasteiger partial charge in [0.2, 0.25) is 0 Å². The maximum absolute atomic E-state index is 4.46. The van der Waals surface area contributed by atoms with Crippen LogP contribution in [0, 0.1) is 0 Å². The van der Waals surface area contributed by atoms with Crippen LogP contribution in [-0.2, 0) is 0 Å². The molecule has 1 heteroatoms. The lowest BCUT2D eigenvalue weighted by atomic mass is 10.1. The molecule has 0 aliphatic carbocycles. The Morgan fingerprint density at radius 1 is 1.06 bits per heavy atom. The van der Waals surface area contributed by atoms with Crippen LogP contribution in [0.2, 0.25) is 0 Å². The van der Waals surface area contributed by atoms with Crippen molar-refractivity contribution >= 4 is 5.71 Å². The molecular formula is C15H25N. The summed E-state index contributed by atoms with van der Waals surface area (Å²) in [5.41, 5.74) is 4.94. The number of rotatable bonds is 5. The zero-order valence-corrected chi connectivity index (χ0v) is 11.6. The average molecular weight is 219 g/mol. The van der Waals surface area contributed by atoms with Gasteiger partial charge in [-0.05, 0) is 60.5 Å². The maximum Gasteiger partial charge on any atom is 0.0585 e. The largest absolute Gasteiger partial charge is 0.259 e. The van der Waals surface area contributed by atoms with Gasteiger partial charge in [-0.1, -0.05) is 23.3 Å². The van der Waals surface area contributed by atoms with E-state index in [1.807, 2.05) is 20.8 Å². The molecule has 1 nitrogen and oxygen atoms in total. The van der Waals surface area contributed by atoms with Crippen molar-refractivity contribution in [2.24, 2.45) is 4.99 Å². The average Bonchev–Trinajstić information content (AvgIpc) is 2.15. The van der Waals surface area contributed by atoms with Gasteiger partial charge in [-0.3, -0.25) is 4.99 Å². The van der Waals surface area contributed by atoms with Crippen LogP contribution in [0.15, 0.2) is 40.1 Å². The highest BCUT2D eigenvalue weighted by Gasteiger charge is 1.92. The topological polar surface area (TPSA) is 12.4 Å². The Morgan fingerprint density at radius 3 is 2.12 bits per heavy atom. The summed E-state index contributed by atoms with van der Waals surface area (Å²) in [5, 5.41) is 0. The fourth-order valence-corrected chi connectivity index (χ4v) is 1.35. The molecule has 0 aromatic rings. The predicted octanol–water partition coefficient (Wildman–Crippen LogP) is 5.06. The second-order valence-corrected chi connectivity index (χ2v) is 4.58. The van der Waals surface area contributed by atoms with Crippen LogP contribution in [0.25, 0.3) is 0 Å². The first-order valence-corrected chi connectivity index (χ1v) is 5.94. The van der Waals surface area contributed by atoms with Gasteiger partial charge in [-0.25, -0.2) is 0 Å². The molecule has 0 amide bonds. The number of hydrogen-bond acceptors (Lipinski definition) is 1. The van der Waals surface area contributed by atoms with Crippen molar-refractivity contribution in [1.82, 2.24) is 0 Å². The summed E-state index contributed by atoms with van der Waals surface area (Å²) in [6.07, 6.45) is 8.74. The van der Waals surface area contributed by atoms with Gasteiger partial charge in [-0.15, -0.1) is 0 Å². The third kappa shape index (κ3) is 8.22. The van der Waals surface area contributed by atoms with E-state index in [1.165, 1.54) is 11.1 Å². The first-order valence-electron chi connectivity index (χ1n) is 5.94. The molecule has 0 rings (SSSR count). The Kier molecular flexibility index (Phi) is 7.53. The summed E-state index contributed by atoms with van der Waals surface area (Å²) in [5.74, 6) is 0. The van der Waals surface area contributed by atoms with E-state index >= 15 is 0 Å². The van der Waals surface area contributed by atoms with Gasteiger partial charge in [0.25, 0.3) is 0 Å². The van der Waals surface area contributed by atoms with Crippen LogP contribution in [-0.4, -0.2) is 5.71 Å². The standard InChI is InChI=1S/C15H25N/c1-7-15(16-13(4)5)11-14(6)10-8-9-12(2)3/h7,9,11H,8,10H2,1-6H3/b14-11+,15-7-. The molecule has 0 fully saturated rings. The van der Waals surface area contributed by atoms with Crippen molar-refractivity contribution in [1.29, 1.82) is 0 Å². The minimum atomic E-state index is 1.06. The lowest BCUT2D eigenvalue weighted by Gasteiger charge is -2.00. The zero-order chi connectivity index (χ0) is 12.6. The molecular weight excluding hydrogens is 194 g/mol. The van der Waals surface area contributed by atoms with Crippen molar-refractivity contribution in [3.63, 3.8) is 0 Å². The third-order valence-electron chi connectivity index (χ3n) is 2.13. The molecule has 0 unspecified atom stereocenters. The van der Waals surface area contributed by atoms with E-state index in [0.29, 0.717) is 0 Å². The first-order chi connectivity index (χ1) is 7.45. The Morgan fingerprint density at radius 2 is 1.69 bits per heavy atom. The number of nitrogens with zero attached hydrogens (tertiary/aromatic N) is 1. The molecule has 0 N–H and O–H groups in total. The Labute approximate surface area is 101 Å². The molecule has 0 saturated heterocycles. The molecule has 0 radical (unpaired) electrons. The summed E-state index contributed by atoms with van der Waals surface area (Å²) in [4.78, 5) is 4.46. The quantitative estimate of drug-likeness (QED) is 0.348. The highest BCUT2D eigenvalue weighted by atomic mass is 14.7. The summed E-state index contributed by atoms with van der Waals surface area (Å²) in [6, 6.07) is 0. The van der Waals surface area contributed by atoms with Crippen molar-refractivity contribution in [3.05, 3.63) is 35.1 Å². The fraction of sp³-hybridized carbons (Fsp3) is 0.533. The van der Waals surface area contributed by atoms with Crippen LogP contribution in [0.4, 0.5) is 0 Å².